The number of aromatic nitrogens is 2. The number of nitrogens with one attached hydrogen (secondary N) is 1. The molecule has 0 radical (unpaired) electrons. The van der Waals surface area contributed by atoms with Crippen molar-refractivity contribution in [3.8, 4) is 5.75 Å². The summed E-state index contributed by atoms with van der Waals surface area (Å²) in [5, 5.41) is 3.24. The molecule has 122 valence electrons. The van der Waals surface area contributed by atoms with Crippen LogP contribution >= 0.6 is 22.9 Å². The van der Waals surface area contributed by atoms with Crippen molar-refractivity contribution in [2.75, 3.05) is 5.32 Å². The third-order valence-electron chi connectivity index (χ3n) is 3.26. The van der Waals surface area contributed by atoms with E-state index in [0.29, 0.717) is 33.6 Å². The predicted molar refractivity (Wildman–Crippen MR) is 94.8 cm³/mol. The number of amides is 1. The molecule has 0 aliphatic carbocycles. The van der Waals surface area contributed by atoms with E-state index in [1.54, 1.807) is 43.0 Å². The summed E-state index contributed by atoms with van der Waals surface area (Å²) < 4.78 is 5.68. The average Bonchev–Trinajstić information content (AvgIpc) is 3.01. The van der Waals surface area contributed by atoms with Gasteiger partial charge in [-0.3, -0.25) is 9.78 Å². The normalized spacial score (nSPS) is 10.4. The van der Waals surface area contributed by atoms with E-state index in [4.69, 9.17) is 16.3 Å². The summed E-state index contributed by atoms with van der Waals surface area (Å²) in [4.78, 5) is 20.9. The van der Waals surface area contributed by atoms with Gasteiger partial charge in [0.05, 0.1) is 16.2 Å². The zero-order chi connectivity index (χ0) is 16.9. The Kier molecular flexibility index (Phi) is 5.08. The fourth-order valence-electron chi connectivity index (χ4n) is 2.05. The molecule has 24 heavy (non-hydrogen) atoms. The number of thiazole rings is 1. The molecular formula is C17H14ClN3O2S. The number of benzene rings is 1. The Balaban J connectivity index is 1.66. The second-order valence-corrected chi connectivity index (χ2v) is 6.28. The van der Waals surface area contributed by atoms with Gasteiger partial charge in [-0.1, -0.05) is 17.7 Å². The molecule has 0 spiro atoms. The first-order chi connectivity index (χ1) is 11.6. The van der Waals surface area contributed by atoms with E-state index in [1.165, 1.54) is 11.3 Å². The average molecular weight is 360 g/mol. The molecule has 7 heteroatoms. The summed E-state index contributed by atoms with van der Waals surface area (Å²) in [7, 11) is 0. The maximum atomic E-state index is 12.2. The third-order valence-corrected chi connectivity index (χ3v) is 4.48. The van der Waals surface area contributed by atoms with Gasteiger partial charge in [0, 0.05) is 23.6 Å². The van der Waals surface area contributed by atoms with Crippen molar-refractivity contribution >= 4 is 34.5 Å². The lowest BCUT2D eigenvalue weighted by atomic mass is 10.2. The number of rotatable bonds is 5. The highest BCUT2D eigenvalue weighted by Gasteiger charge is 2.13. The molecular weight excluding hydrogens is 346 g/mol. The van der Waals surface area contributed by atoms with E-state index in [0.717, 1.165) is 5.56 Å². The van der Waals surface area contributed by atoms with Gasteiger partial charge in [0.2, 0.25) is 0 Å². The van der Waals surface area contributed by atoms with Crippen molar-refractivity contribution in [1.82, 2.24) is 9.97 Å². The molecule has 2 heterocycles. The molecule has 0 aliphatic rings. The topological polar surface area (TPSA) is 64.1 Å². The molecule has 5 nitrogen and oxygen atoms in total. The Labute approximate surface area is 148 Å². The van der Waals surface area contributed by atoms with E-state index in [2.05, 4.69) is 15.3 Å². The lowest BCUT2D eigenvalue weighted by molar-refractivity contribution is 0.103. The molecule has 2 aromatic heterocycles. The van der Waals surface area contributed by atoms with E-state index >= 15 is 0 Å². The summed E-state index contributed by atoms with van der Waals surface area (Å²) in [5.74, 6) is 0.350. The van der Waals surface area contributed by atoms with Crippen LogP contribution in [0.4, 0.5) is 5.69 Å². The van der Waals surface area contributed by atoms with Crippen molar-refractivity contribution in [1.29, 1.82) is 0 Å². The molecule has 0 atom stereocenters. The van der Waals surface area contributed by atoms with E-state index in [-0.39, 0.29) is 5.91 Å². The number of aryl methyl sites for hydroxylation is 1. The van der Waals surface area contributed by atoms with E-state index < -0.39 is 0 Å². The number of hydrogen-bond donors (Lipinski definition) is 1. The monoisotopic (exact) mass is 359 g/mol. The number of halogens is 1. The highest BCUT2D eigenvalue weighted by Crippen LogP contribution is 2.29. The molecule has 1 aromatic carbocycles. The zero-order valence-corrected chi connectivity index (χ0v) is 14.4. The minimum absolute atomic E-state index is 0.199. The number of carbonyl (C=O) groups is 1. The number of carbonyl (C=O) groups excluding carboxylic acids is 1. The van der Waals surface area contributed by atoms with Gasteiger partial charge >= 0.3 is 0 Å². The highest BCUT2D eigenvalue weighted by molar-refractivity contribution is 7.12. The zero-order valence-electron chi connectivity index (χ0n) is 12.8. The molecule has 3 rings (SSSR count). The van der Waals surface area contributed by atoms with Crippen LogP contribution in [0.3, 0.4) is 0 Å². The van der Waals surface area contributed by atoms with Crippen molar-refractivity contribution in [2.24, 2.45) is 0 Å². The molecule has 0 aliphatic heterocycles. The number of ether oxygens (including phenoxy) is 1. The van der Waals surface area contributed by atoms with Gasteiger partial charge < -0.3 is 10.1 Å². The number of anilines is 1. The van der Waals surface area contributed by atoms with Gasteiger partial charge in [0.25, 0.3) is 5.91 Å². The maximum absolute atomic E-state index is 12.2. The van der Waals surface area contributed by atoms with Crippen LogP contribution in [-0.4, -0.2) is 15.9 Å². The maximum Gasteiger partial charge on any atom is 0.267 e. The minimum Gasteiger partial charge on any atom is -0.487 e. The Bertz CT molecular complexity index is 852. The Morgan fingerprint density at radius 3 is 2.92 bits per heavy atom. The first-order valence-corrected chi connectivity index (χ1v) is 8.42. The summed E-state index contributed by atoms with van der Waals surface area (Å²) in [6, 6.07) is 8.91. The minimum atomic E-state index is -0.199. The lowest BCUT2D eigenvalue weighted by Gasteiger charge is -2.10. The summed E-state index contributed by atoms with van der Waals surface area (Å²) in [5.41, 5.74) is 3.91. The van der Waals surface area contributed by atoms with Crippen LogP contribution in [0.1, 0.15) is 20.9 Å². The summed E-state index contributed by atoms with van der Waals surface area (Å²) in [6.45, 7) is 2.17. The fourth-order valence-corrected chi connectivity index (χ4v) is 2.98. The van der Waals surface area contributed by atoms with Crippen LogP contribution in [0, 0.1) is 6.92 Å². The molecule has 0 saturated carbocycles. The summed E-state index contributed by atoms with van der Waals surface area (Å²) >= 11 is 7.54. The van der Waals surface area contributed by atoms with Crippen LogP contribution in [0.5, 0.6) is 5.75 Å². The largest absolute Gasteiger partial charge is 0.487 e. The van der Waals surface area contributed by atoms with Crippen molar-refractivity contribution < 1.29 is 9.53 Å². The standard InChI is InChI=1S/C17H14ClN3O2S/c1-11-16(24-10-20-11)17(22)21-13-4-5-15(14(18)7-13)23-9-12-3-2-6-19-8-12/h2-8,10H,9H2,1H3,(H,21,22). The molecule has 3 aromatic rings. The van der Waals surface area contributed by atoms with Crippen LogP contribution < -0.4 is 10.1 Å². The Morgan fingerprint density at radius 1 is 1.38 bits per heavy atom. The second-order valence-electron chi connectivity index (χ2n) is 5.02. The molecule has 0 unspecified atom stereocenters. The van der Waals surface area contributed by atoms with Crippen LogP contribution in [0.15, 0.2) is 48.2 Å². The van der Waals surface area contributed by atoms with Crippen molar-refractivity contribution in [3.63, 3.8) is 0 Å². The number of pyridine rings is 1. The predicted octanol–water partition coefficient (Wildman–Crippen LogP) is 4.33. The van der Waals surface area contributed by atoms with Crippen LogP contribution in [0.25, 0.3) is 0 Å². The van der Waals surface area contributed by atoms with E-state index in [1.807, 2.05) is 12.1 Å². The SMILES string of the molecule is Cc1ncsc1C(=O)Nc1ccc(OCc2cccnc2)c(Cl)c1. The van der Waals surface area contributed by atoms with Gasteiger partial charge in [0.15, 0.2) is 0 Å². The Hall–Kier alpha value is -2.44. The lowest BCUT2D eigenvalue weighted by Crippen LogP contribution is -2.11. The molecule has 0 fully saturated rings. The van der Waals surface area contributed by atoms with Crippen molar-refractivity contribution in [3.05, 3.63) is 69.4 Å². The van der Waals surface area contributed by atoms with Crippen LogP contribution in [0.2, 0.25) is 5.02 Å². The first-order valence-electron chi connectivity index (χ1n) is 7.16. The van der Waals surface area contributed by atoms with Gasteiger partial charge in [-0.15, -0.1) is 11.3 Å². The second kappa shape index (κ2) is 7.42. The van der Waals surface area contributed by atoms with Gasteiger partial charge in [-0.05, 0) is 31.2 Å². The molecule has 0 bridgehead atoms. The van der Waals surface area contributed by atoms with Gasteiger partial charge in [-0.25, -0.2) is 4.98 Å². The highest BCUT2D eigenvalue weighted by atomic mass is 35.5. The fraction of sp³-hybridized carbons (Fsp3) is 0.118. The van der Waals surface area contributed by atoms with Crippen molar-refractivity contribution in [2.45, 2.75) is 13.5 Å². The number of nitrogens with zero attached hydrogens (tertiary/aromatic N) is 2. The molecule has 1 N–H and O–H groups in total. The Morgan fingerprint density at radius 2 is 2.25 bits per heavy atom. The van der Waals surface area contributed by atoms with Crippen LogP contribution in [-0.2, 0) is 6.61 Å². The third kappa shape index (κ3) is 3.90. The van der Waals surface area contributed by atoms with E-state index in [9.17, 15) is 4.79 Å². The van der Waals surface area contributed by atoms with Gasteiger partial charge in [-0.2, -0.15) is 0 Å². The molecule has 0 saturated heterocycles. The summed E-state index contributed by atoms with van der Waals surface area (Å²) in [6.07, 6.45) is 3.44. The quantitative estimate of drug-likeness (QED) is 0.736. The molecule has 1 amide bonds. The first kappa shape index (κ1) is 16.4. The number of hydrogen-bond acceptors (Lipinski definition) is 5. The van der Waals surface area contributed by atoms with Gasteiger partial charge in [0.1, 0.15) is 17.2 Å². The smallest absolute Gasteiger partial charge is 0.267 e.